The van der Waals surface area contributed by atoms with Crippen LogP contribution in [0.5, 0.6) is 0 Å². The van der Waals surface area contributed by atoms with Gasteiger partial charge in [0.25, 0.3) is 0 Å². The zero-order valence-corrected chi connectivity index (χ0v) is 9.74. The van der Waals surface area contributed by atoms with Crippen LogP contribution in [-0.2, 0) is 7.05 Å². The van der Waals surface area contributed by atoms with Gasteiger partial charge in [-0.05, 0) is 25.8 Å². The van der Waals surface area contributed by atoms with Gasteiger partial charge in [-0.3, -0.25) is 4.68 Å². The van der Waals surface area contributed by atoms with Crippen molar-refractivity contribution >= 4 is 0 Å². The molecule has 1 N–H and O–H groups in total. The van der Waals surface area contributed by atoms with Gasteiger partial charge < -0.3 is 5.32 Å². The molecule has 0 fully saturated rings. The van der Waals surface area contributed by atoms with Crippen molar-refractivity contribution in [1.82, 2.24) is 15.1 Å². The van der Waals surface area contributed by atoms with Gasteiger partial charge >= 0.3 is 0 Å². The Bertz CT molecular complexity index is 291. The quantitative estimate of drug-likeness (QED) is 0.696. The number of nitrogens with zero attached hydrogens (tertiary/aromatic N) is 2. The highest BCUT2D eigenvalue weighted by molar-refractivity contribution is 5.10. The molecule has 84 valence electrons. The van der Waals surface area contributed by atoms with E-state index in [4.69, 9.17) is 0 Å². The second-order valence-corrected chi connectivity index (χ2v) is 3.82. The highest BCUT2D eigenvalue weighted by atomic mass is 15.2. The molecule has 1 unspecified atom stereocenters. The van der Waals surface area contributed by atoms with Crippen LogP contribution in [0, 0.1) is 0 Å². The molecular weight excluding hydrogens is 186 g/mol. The Hall–Kier alpha value is -1.09. The summed E-state index contributed by atoms with van der Waals surface area (Å²) in [6, 6.07) is 0.414. The van der Waals surface area contributed by atoms with Crippen molar-refractivity contribution in [2.75, 3.05) is 6.54 Å². The molecule has 0 aliphatic heterocycles. The van der Waals surface area contributed by atoms with Gasteiger partial charge in [0.2, 0.25) is 0 Å². The molecule has 1 aromatic heterocycles. The van der Waals surface area contributed by atoms with E-state index in [0.29, 0.717) is 6.04 Å². The Morgan fingerprint density at radius 3 is 3.00 bits per heavy atom. The van der Waals surface area contributed by atoms with Crippen LogP contribution in [0.2, 0.25) is 0 Å². The minimum atomic E-state index is 0.414. The topological polar surface area (TPSA) is 29.9 Å². The summed E-state index contributed by atoms with van der Waals surface area (Å²) in [5, 5.41) is 7.74. The van der Waals surface area contributed by atoms with Crippen molar-refractivity contribution in [3.8, 4) is 0 Å². The summed E-state index contributed by atoms with van der Waals surface area (Å²) in [6.45, 7) is 7.00. The fraction of sp³-hybridized carbons (Fsp3) is 0.583. The van der Waals surface area contributed by atoms with Crippen LogP contribution in [0.25, 0.3) is 0 Å². The summed E-state index contributed by atoms with van der Waals surface area (Å²) < 4.78 is 1.85. The first-order valence-electron chi connectivity index (χ1n) is 5.60. The maximum absolute atomic E-state index is 4.20. The summed E-state index contributed by atoms with van der Waals surface area (Å²) in [6.07, 6.45) is 9.28. The van der Waals surface area contributed by atoms with E-state index < -0.39 is 0 Å². The molecule has 15 heavy (non-hydrogen) atoms. The fourth-order valence-corrected chi connectivity index (χ4v) is 1.61. The van der Waals surface area contributed by atoms with Crippen molar-refractivity contribution in [2.45, 2.75) is 32.2 Å². The summed E-state index contributed by atoms with van der Waals surface area (Å²) in [4.78, 5) is 0. The number of rotatable bonds is 7. The van der Waals surface area contributed by atoms with Crippen LogP contribution in [-0.4, -0.2) is 16.3 Å². The summed E-state index contributed by atoms with van der Waals surface area (Å²) >= 11 is 0. The van der Waals surface area contributed by atoms with E-state index in [9.17, 15) is 0 Å². The molecule has 0 spiro atoms. The maximum atomic E-state index is 4.20. The lowest BCUT2D eigenvalue weighted by molar-refractivity contribution is 0.503. The summed E-state index contributed by atoms with van der Waals surface area (Å²) in [5.41, 5.74) is 1.27. The Morgan fingerprint density at radius 2 is 2.47 bits per heavy atom. The monoisotopic (exact) mass is 207 g/mol. The van der Waals surface area contributed by atoms with Crippen molar-refractivity contribution in [1.29, 1.82) is 0 Å². The van der Waals surface area contributed by atoms with Crippen LogP contribution in [0.3, 0.4) is 0 Å². The predicted molar refractivity (Wildman–Crippen MR) is 63.7 cm³/mol. The average molecular weight is 207 g/mol. The first-order valence-corrected chi connectivity index (χ1v) is 5.60. The van der Waals surface area contributed by atoms with Crippen LogP contribution in [0.1, 0.15) is 37.8 Å². The Balaban J connectivity index is 2.58. The minimum absolute atomic E-state index is 0.414. The zero-order valence-electron chi connectivity index (χ0n) is 9.74. The second kappa shape index (κ2) is 6.40. The molecule has 0 amide bonds. The van der Waals surface area contributed by atoms with E-state index >= 15 is 0 Å². The molecule has 1 atom stereocenters. The fourth-order valence-electron chi connectivity index (χ4n) is 1.61. The largest absolute Gasteiger partial charge is 0.310 e. The third kappa shape index (κ3) is 3.88. The average Bonchev–Trinajstić information content (AvgIpc) is 2.65. The number of aromatic nitrogens is 2. The Kier molecular flexibility index (Phi) is 5.12. The molecule has 0 saturated carbocycles. The van der Waals surface area contributed by atoms with Crippen molar-refractivity contribution in [2.24, 2.45) is 7.05 Å². The summed E-state index contributed by atoms with van der Waals surface area (Å²) in [5.74, 6) is 0. The van der Waals surface area contributed by atoms with Gasteiger partial charge in [-0.15, -0.1) is 6.58 Å². The van der Waals surface area contributed by atoms with Gasteiger partial charge in [0.15, 0.2) is 0 Å². The number of aryl methyl sites for hydroxylation is 1. The SMILES string of the molecule is C=CCCC(NCCC)c1cnn(C)c1. The molecule has 1 rings (SSSR count). The third-order valence-corrected chi connectivity index (χ3v) is 2.43. The predicted octanol–water partition coefficient (Wildman–Crippen LogP) is 2.43. The molecule has 0 aliphatic carbocycles. The van der Waals surface area contributed by atoms with Gasteiger partial charge in [-0.1, -0.05) is 13.0 Å². The van der Waals surface area contributed by atoms with Gasteiger partial charge in [-0.25, -0.2) is 0 Å². The van der Waals surface area contributed by atoms with E-state index in [1.54, 1.807) is 0 Å². The lowest BCUT2D eigenvalue weighted by Crippen LogP contribution is -2.21. The number of hydrogen-bond donors (Lipinski definition) is 1. The lowest BCUT2D eigenvalue weighted by Gasteiger charge is -2.15. The minimum Gasteiger partial charge on any atom is -0.310 e. The first-order chi connectivity index (χ1) is 7.27. The molecule has 0 bridgehead atoms. The normalized spacial score (nSPS) is 12.7. The molecule has 0 aliphatic rings. The number of hydrogen-bond acceptors (Lipinski definition) is 2. The molecule has 0 radical (unpaired) electrons. The molecule has 3 heteroatoms. The van der Waals surface area contributed by atoms with Crippen molar-refractivity contribution in [3.05, 3.63) is 30.6 Å². The van der Waals surface area contributed by atoms with Gasteiger partial charge in [-0.2, -0.15) is 5.10 Å². The lowest BCUT2D eigenvalue weighted by atomic mass is 10.1. The van der Waals surface area contributed by atoms with Crippen LogP contribution in [0.4, 0.5) is 0 Å². The van der Waals surface area contributed by atoms with Gasteiger partial charge in [0.05, 0.1) is 6.20 Å². The van der Waals surface area contributed by atoms with E-state index in [0.717, 1.165) is 25.8 Å². The molecule has 1 aromatic rings. The zero-order chi connectivity index (χ0) is 11.1. The van der Waals surface area contributed by atoms with Crippen molar-refractivity contribution < 1.29 is 0 Å². The van der Waals surface area contributed by atoms with Crippen LogP contribution in [0.15, 0.2) is 25.0 Å². The number of allylic oxidation sites excluding steroid dienone is 1. The Morgan fingerprint density at radius 1 is 1.67 bits per heavy atom. The van der Waals surface area contributed by atoms with Gasteiger partial charge in [0.1, 0.15) is 0 Å². The standard InChI is InChI=1S/C12H21N3/c1-4-6-7-12(13-8-5-2)11-9-14-15(3)10-11/h4,9-10,12-13H,1,5-8H2,2-3H3. The van der Waals surface area contributed by atoms with E-state index in [1.807, 2.05) is 24.0 Å². The number of nitrogens with one attached hydrogen (secondary N) is 1. The first kappa shape index (κ1) is 12.0. The highest BCUT2D eigenvalue weighted by Crippen LogP contribution is 2.17. The van der Waals surface area contributed by atoms with Crippen molar-refractivity contribution in [3.63, 3.8) is 0 Å². The van der Waals surface area contributed by atoms with E-state index in [2.05, 4.69) is 30.1 Å². The molecule has 0 saturated heterocycles. The Labute approximate surface area is 92.2 Å². The van der Waals surface area contributed by atoms with E-state index in [1.165, 1.54) is 5.56 Å². The van der Waals surface area contributed by atoms with Crippen LogP contribution < -0.4 is 5.32 Å². The molecular formula is C12H21N3. The molecule has 3 nitrogen and oxygen atoms in total. The maximum Gasteiger partial charge on any atom is 0.0537 e. The third-order valence-electron chi connectivity index (χ3n) is 2.43. The smallest absolute Gasteiger partial charge is 0.0537 e. The summed E-state index contributed by atoms with van der Waals surface area (Å²) in [7, 11) is 1.95. The van der Waals surface area contributed by atoms with Crippen LogP contribution >= 0.6 is 0 Å². The molecule has 1 heterocycles. The van der Waals surface area contributed by atoms with E-state index in [-0.39, 0.29) is 0 Å². The highest BCUT2D eigenvalue weighted by Gasteiger charge is 2.10. The van der Waals surface area contributed by atoms with Gasteiger partial charge in [0, 0.05) is 24.8 Å². The second-order valence-electron chi connectivity index (χ2n) is 3.82. The molecule has 0 aromatic carbocycles.